The molecule has 0 spiro atoms. The predicted octanol–water partition coefficient (Wildman–Crippen LogP) is 12.8. The molecule has 0 radical (unpaired) electrons. The van der Waals surface area contributed by atoms with Crippen molar-refractivity contribution in [1.82, 2.24) is 48.5 Å². The van der Waals surface area contributed by atoms with Gasteiger partial charge in [-0.25, -0.2) is 44.7 Å². The van der Waals surface area contributed by atoms with Gasteiger partial charge in [0.25, 0.3) is 9.05 Å². The Morgan fingerprint density at radius 2 is 0.930 bits per heavy atom. The molecule has 2 aliphatic rings. The second kappa shape index (κ2) is 36.8. The first kappa shape index (κ1) is 81.9. The third kappa shape index (κ3) is 21.8. The van der Waals surface area contributed by atoms with E-state index in [1.54, 1.807) is 24.5 Å². The topological polar surface area (TPSA) is 265 Å². The van der Waals surface area contributed by atoms with Gasteiger partial charge in [-0.05, 0) is 150 Å². The van der Waals surface area contributed by atoms with Crippen LogP contribution in [0, 0.1) is 0 Å². The Labute approximate surface area is 642 Å². The maximum Gasteiger partial charge on any atom is 2.00 e. The Bertz CT molecular complexity index is 4730. The molecule has 534 valence electrons. The summed E-state index contributed by atoms with van der Waals surface area (Å²) < 4.78 is 85.1. The standard InChI is InChI=1S/C34H40BrN7O2S.C22H30BrN7O2S.C12H12ClNO2S.CH2Cl2.ClH.Mg.H/c1-21(2)27-7-5-9-29-28(27)8-6-10-30(29)45(43,44)41-26-17-15-25(16-18-26)38-34-39-32(36-19-23-11-13-24(35)14-12-23)31-33(40-34)42(20-37-31)22(3)4;1-14(2)30-13-25-19-20(24-12-15-4-6-16(23)7-5-15)27-22(28-21(19)30)26-17-8-10-18(11-9-17)29-33(3,31)32;1-14(2)11-7-3-6-10-9(11)5-4-8-12(10)17(13,15)16;2-1-3;;;/h5-14,20-22,25-26,41H,15-19H2,1-4H3,(H2,36,38,39,40);4-7,13-14,17-18,29H,8-12H2,1-3H3,(H2,24,26,27,28);3-8H,1-2H3;1H2;1H;;/q;;;;;+2;-1/p-1. The summed E-state index contributed by atoms with van der Waals surface area (Å²) >= 11 is 16.5. The van der Waals surface area contributed by atoms with Crippen LogP contribution in [0.25, 0.3) is 43.9 Å². The van der Waals surface area contributed by atoms with Crippen LogP contribution < -0.4 is 48.0 Å². The van der Waals surface area contributed by atoms with E-state index in [2.05, 4.69) is 149 Å². The molecule has 0 unspecified atom stereocenters. The maximum atomic E-state index is 13.6. The van der Waals surface area contributed by atoms with Gasteiger partial charge in [0.15, 0.2) is 34.0 Å². The van der Waals surface area contributed by atoms with Gasteiger partial charge in [0.05, 0.1) is 34.0 Å². The minimum absolute atomic E-state index is 0. The van der Waals surface area contributed by atoms with Crippen molar-refractivity contribution in [3.63, 3.8) is 0 Å². The molecule has 2 saturated carbocycles. The van der Waals surface area contributed by atoms with Crippen molar-refractivity contribution in [3.8, 4) is 0 Å². The smallest absolute Gasteiger partial charge is 1.00 e. The normalized spacial score (nSPS) is 16.3. The number of halogens is 6. The summed E-state index contributed by atoms with van der Waals surface area (Å²) in [5.74, 6) is 2.78. The SMILES string of the molecule is CC(C)c1cccc2c(S(=O)(=O)NC3CCC(Nc4nc(NCc5ccc(Br)cc5)c5ncn(C(C)C)c5n4)CC3)cccc12.CC(C)n1cnc2c(NCc3ccc(Br)cc3)nc(NC3CCC(NS(C)(=O)=O)CC3)nc21.CN(C)c1cccc2c(S(=O)(=O)Cl)cccc12.ClCCl.[Cl-].[H-].[Mg+2]. The molecule has 0 amide bonds. The van der Waals surface area contributed by atoms with Crippen LogP contribution in [0.3, 0.4) is 0 Å². The summed E-state index contributed by atoms with van der Waals surface area (Å²) in [4.78, 5) is 30.9. The van der Waals surface area contributed by atoms with Crippen LogP contribution in [-0.4, -0.2) is 137 Å². The van der Waals surface area contributed by atoms with E-state index in [4.69, 9.17) is 53.8 Å². The Morgan fingerprint density at radius 3 is 1.35 bits per heavy atom. The summed E-state index contributed by atoms with van der Waals surface area (Å²) in [5, 5.41) is 17.4. The molecule has 0 atom stereocenters. The van der Waals surface area contributed by atoms with E-state index in [0.29, 0.717) is 52.8 Å². The summed E-state index contributed by atoms with van der Waals surface area (Å²) in [6.45, 7) is 13.9. The van der Waals surface area contributed by atoms with Crippen molar-refractivity contribution in [2.45, 2.75) is 158 Å². The molecular weight excluding hydrogens is 1560 g/mol. The molecule has 100 heavy (non-hydrogen) atoms. The summed E-state index contributed by atoms with van der Waals surface area (Å²) in [6.07, 6.45) is 11.1. The number of nitrogens with one attached hydrogen (secondary N) is 6. The number of rotatable bonds is 20. The number of hydrogen-bond donors (Lipinski definition) is 6. The number of benzene rings is 6. The van der Waals surface area contributed by atoms with E-state index in [1.165, 1.54) is 12.3 Å². The van der Waals surface area contributed by atoms with Gasteiger partial charge in [0, 0.05) is 105 Å². The summed E-state index contributed by atoms with van der Waals surface area (Å²) in [6, 6.07) is 39.0. The van der Waals surface area contributed by atoms with Gasteiger partial charge < -0.3 is 49.1 Å². The first-order valence-corrected chi connectivity index (χ1v) is 40.7. The number of sulfonamides is 2. The first-order chi connectivity index (χ1) is 46.6. The van der Waals surface area contributed by atoms with Crippen LogP contribution in [-0.2, 0) is 42.2 Å². The van der Waals surface area contributed by atoms with Crippen molar-refractivity contribution in [2.75, 3.05) is 51.9 Å². The molecule has 12 rings (SSSR count). The fourth-order valence-electron chi connectivity index (χ4n) is 12.1. The van der Waals surface area contributed by atoms with E-state index < -0.39 is 29.1 Å². The second-order valence-corrected chi connectivity index (χ2v) is 34.0. The number of aromatic nitrogens is 8. The number of nitrogens with zero attached hydrogens (tertiary/aromatic N) is 9. The van der Waals surface area contributed by atoms with Crippen LogP contribution in [0.1, 0.15) is 129 Å². The van der Waals surface area contributed by atoms with Crippen LogP contribution in [0.2, 0.25) is 0 Å². The monoisotopic (exact) mass is 1640 g/mol. The number of anilines is 5. The zero-order valence-corrected chi connectivity index (χ0v) is 67.3. The largest absolute Gasteiger partial charge is 2.00 e. The minimum atomic E-state index is -3.72. The van der Waals surface area contributed by atoms with E-state index in [1.807, 2.05) is 96.6 Å². The fourth-order valence-corrected chi connectivity index (χ4v) is 16.1. The molecule has 10 aromatic rings. The van der Waals surface area contributed by atoms with E-state index in [0.717, 1.165) is 121 Å². The van der Waals surface area contributed by atoms with Crippen LogP contribution in [0.15, 0.2) is 153 Å². The van der Waals surface area contributed by atoms with Crippen molar-refractivity contribution in [1.29, 1.82) is 0 Å². The minimum Gasteiger partial charge on any atom is -1.00 e. The number of fused-ring (bicyclic) bond motifs is 4. The predicted molar refractivity (Wildman–Crippen MR) is 415 cm³/mol. The van der Waals surface area contributed by atoms with Crippen LogP contribution >= 0.6 is 65.7 Å². The molecule has 2 aliphatic carbocycles. The molecular formula is C69H85Br2Cl4MgN15O6S3. The second-order valence-electron chi connectivity index (χ2n) is 25.4. The Morgan fingerprint density at radius 1 is 0.540 bits per heavy atom. The molecule has 6 N–H and O–H groups in total. The molecule has 0 saturated heterocycles. The number of imidazole rings is 2. The fraction of sp³-hybridized carbons (Fsp3) is 0.391. The molecule has 4 aromatic heterocycles. The van der Waals surface area contributed by atoms with E-state index in [9.17, 15) is 25.3 Å². The maximum absolute atomic E-state index is 13.6. The van der Waals surface area contributed by atoms with Crippen molar-refractivity contribution < 1.29 is 39.1 Å². The number of alkyl halides is 2. The van der Waals surface area contributed by atoms with Gasteiger partial charge in [-0.2, -0.15) is 19.9 Å². The van der Waals surface area contributed by atoms with E-state index in [-0.39, 0.29) is 83.4 Å². The van der Waals surface area contributed by atoms with Crippen LogP contribution in [0.5, 0.6) is 0 Å². The number of hydrogen-bond acceptors (Lipinski definition) is 17. The van der Waals surface area contributed by atoms with Gasteiger partial charge >= 0.3 is 23.1 Å². The molecule has 2 fully saturated rings. The Balaban J connectivity index is 0.000000251. The molecule has 0 aliphatic heterocycles. The first-order valence-electron chi connectivity index (χ1n) is 32.3. The van der Waals surface area contributed by atoms with Gasteiger partial charge in [-0.15, -0.1) is 23.2 Å². The molecule has 21 nitrogen and oxygen atoms in total. The van der Waals surface area contributed by atoms with Gasteiger partial charge in [-0.3, -0.25) is 0 Å². The summed E-state index contributed by atoms with van der Waals surface area (Å²) in [5.41, 5.74) is 7.42. The van der Waals surface area contributed by atoms with Crippen LogP contribution in [0.4, 0.5) is 29.2 Å². The average Bonchev–Trinajstić information content (AvgIpc) is 1.45. The molecule has 4 heterocycles. The van der Waals surface area contributed by atoms with Gasteiger partial charge in [0.2, 0.25) is 31.9 Å². The van der Waals surface area contributed by atoms with Crippen molar-refractivity contribution >= 4 is 191 Å². The van der Waals surface area contributed by atoms with Gasteiger partial charge in [-0.1, -0.05) is 125 Å². The third-order valence-corrected chi connectivity index (χ3v) is 21.7. The quantitative estimate of drug-likeness (QED) is 0.0235. The molecule has 6 aromatic carbocycles. The zero-order chi connectivity index (χ0) is 70.6. The molecule has 0 bridgehead atoms. The average molecular weight is 1640 g/mol. The summed E-state index contributed by atoms with van der Waals surface area (Å²) in [7, 11) is -1.34. The van der Waals surface area contributed by atoms with Crippen molar-refractivity contribution in [3.05, 3.63) is 160 Å². The van der Waals surface area contributed by atoms with Gasteiger partial charge in [0.1, 0.15) is 0 Å². The van der Waals surface area contributed by atoms with Crippen molar-refractivity contribution in [2.24, 2.45) is 0 Å². The Hall–Kier alpha value is -5.40. The van der Waals surface area contributed by atoms with E-state index >= 15 is 0 Å². The molecule has 31 heteroatoms. The Kier molecular flexibility index (Phi) is 30.2. The third-order valence-electron chi connectivity index (χ3n) is 17.0. The zero-order valence-electron chi connectivity index (χ0n) is 58.2.